The maximum atomic E-state index is 12.7. The summed E-state index contributed by atoms with van der Waals surface area (Å²) < 4.78 is 69.3. The largest absolute Gasteiger partial charge is 0.486 e. The number of para-hydroxylation sites is 1. The average molecular weight is 461 g/mol. The van der Waals surface area contributed by atoms with Crippen molar-refractivity contribution in [2.24, 2.45) is 0 Å². The Bertz CT molecular complexity index is 1360. The van der Waals surface area contributed by atoms with E-state index in [-0.39, 0.29) is 6.61 Å². The summed E-state index contributed by atoms with van der Waals surface area (Å²) in [7, 11) is -3.44. The number of nitrogens with zero attached hydrogens (tertiary/aromatic N) is 1. The van der Waals surface area contributed by atoms with E-state index in [2.05, 4.69) is 14.7 Å². The van der Waals surface area contributed by atoms with Crippen LogP contribution in [-0.2, 0) is 22.8 Å². The summed E-state index contributed by atoms with van der Waals surface area (Å²) in [6.45, 7) is 0.0433. The third-order valence-electron chi connectivity index (χ3n) is 4.62. The molecule has 0 atom stereocenters. The minimum atomic E-state index is -4.40. The summed E-state index contributed by atoms with van der Waals surface area (Å²) in [6, 6.07) is 16.9. The lowest BCUT2D eigenvalue weighted by Crippen LogP contribution is -2.10. The first-order chi connectivity index (χ1) is 15.1. The number of sulfonamides is 1. The third-order valence-corrected chi connectivity index (χ3v) is 5.21. The number of halogens is 3. The Balaban J connectivity index is 1.54. The Morgan fingerprint density at radius 3 is 2.44 bits per heavy atom. The highest BCUT2D eigenvalue weighted by molar-refractivity contribution is 7.92. The molecule has 2 N–H and O–H groups in total. The van der Waals surface area contributed by atoms with Crippen LogP contribution in [-0.4, -0.2) is 24.6 Å². The van der Waals surface area contributed by atoms with E-state index in [4.69, 9.17) is 4.74 Å². The molecule has 0 saturated heterocycles. The van der Waals surface area contributed by atoms with E-state index in [1.165, 1.54) is 12.1 Å². The molecule has 4 rings (SSSR count). The normalized spacial score (nSPS) is 12.1. The molecule has 32 heavy (non-hydrogen) atoms. The second-order valence-electron chi connectivity index (χ2n) is 7.15. The highest BCUT2D eigenvalue weighted by Crippen LogP contribution is 2.31. The van der Waals surface area contributed by atoms with Crippen molar-refractivity contribution >= 4 is 26.7 Å². The number of aromatic nitrogens is 2. The summed E-state index contributed by atoms with van der Waals surface area (Å²) >= 11 is 0. The fourth-order valence-electron chi connectivity index (χ4n) is 3.21. The molecule has 0 spiro atoms. The first-order valence-corrected chi connectivity index (χ1v) is 11.3. The Labute approximate surface area is 182 Å². The summed E-state index contributed by atoms with van der Waals surface area (Å²) in [5.74, 6) is 0.791. The van der Waals surface area contributed by atoms with Gasteiger partial charge in [-0.15, -0.1) is 0 Å². The van der Waals surface area contributed by atoms with Crippen molar-refractivity contribution in [1.82, 2.24) is 9.97 Å². The van der Waals surface area contributed by atoms with E-state index in [0.717, 1.165) is 29.5 Å². The molecule has 0 aliphatic rings. The summed E-state index contributed by atoms with van der Waals surface area (Å²) in [4.78, 5) is 7.58. The lowest BCUT2D eigenvalue weighted by Gasteiger charge is -2.10. The van der Waals surface area contributed by atoms with Crippen LogP contribution in [0.5, 0.6) is 5.75 Å². The Hall–Kier alpha value is -3.53. The number of benzene rings is 3. The van der Waals surface area contributed by atoms with E-state index >= 15 is 0 Å². The Morgan fingerprint density at radius 1 is 1.03 bits per heavy atom. The van der Waals surface area contributed by atoms with Gasteiger partial charge in [0.25, 0.3) is 0 Å². The van der Waals surface area contributed by atoms with Gasteiger partial charge in [-0.25, -0.2) is 13.4 Å². The van der Waals surface area contributed by atoms with Crippen molar-refractivity contribution in [1.29, 1.82) is 0 Å². The molecule has 1 aromatic heterocycles. The smallest absolute Gasteiger partial charge is 0.416 e. The molecular weight excluding hydrogens is 443 g/mol. The number of nitrogens with one attached hydrogen (secondary N) is 2. The van der Waals surface area contributed by atoms with Crippen molar-refractivity contribution in [3.8, 4) is 16.9 Å². The predicted octanol–water partition coefficient (Wildman–Crippen LogP) is 5.20. The SMILES string of the molecule is CS(=O)(=O)Nc1ccccc1-c1ccc2[nH]c(COc3ccc(C(F)(F)F)cc3)nc2c1. The van der Waals surface area contributed by atoms with Crippen molar-refractivity contribution < 1.29 is 26.3 Å². The zero-order valence-electron chi connectivity index (χ0n) is 16.8. The molecule has 1 heterocycles. The van der Waals surface area contributed by atoms with Gasteiger partial charge in [0, 0.05) is 5.56 Å². The van der Waals surface area contributed by atoms with Crippen LogP contribution >= 0.6 is 0 Å². The minimum Gasteiger partial charge on any atom is -0.486 e. The van der Waals surface area contributed by atoms with Crippen molar-refractivity contribution in [3.63, 3.8) is 0 Å². The first kappa shape index (κ1) is 21.7. The van der Waals surface area contributed by atoms with Gasteiger partial charge in [0.05, 0.1) is 28.5 Å². The lowest BCUT2D eigenvalue weighted by molar-refractivity contribution is -0.137. The van der Waals surface area contributed by atoms with Crippen LogP contribution in [0.25, 0.3) is 22.2 Å². The number of rotatable bonds is 6. The molecule has 0 bridgehead atoms. The zero-order chi connectivity index (χ0) is 22.9. The average Bonchev–Trinajstić information content (AvgIpc) is 3.13. The van der Waals surface area contributed by atoms with Gasteiger partial charge in [0.2, 0.25) is 10.0 Å². The quantitative estimate of drug-likeness (QED) is 0.413. The topological polar surface area (TPSA) is 84.1 Å². The second kappa shape index (κ2) is 8.19. The van der Waals surface area contributed by atoms with Gasteiger partial charge < -0.3 is 9.72 Å². The zero-order valence-corrected chi connectivity index (χ0v) is 17.6. The van der Waals surface area contributed by atoms with E-state index < -0.39 is 21.8 Å². The molecule has 0 aliphatic heterocycles. The van der Waals surface area contributed by atoms with Crippen LogP contribution < -0.4 is 9.46 Å². The maximum Gasteiger partial charge on any atom is 0.416 e. The standard InChI is InChI=1S/C22H18F3N3O3S/c1-32(29,30)28-18-5-3-2-4-17(18)14-6-11-19-20(12-14)27-21(26-19)13-31-16-9-7-15(8-10-16)22(23,24)25/h2-12,28H,13H2,1H3,(H,26,27). The monoisotopic (exact) mass is 461 g/mol. The second-order valence-corrected chi connectivity index (χ2v) is 8.89. The molecule has 0 fully saturated rings. The predicted molar refractivity (Wildman–Crippen MR) is 116 cm³/mol. The highest BCUT2D eigenvalue weighted by atomic mass is 32.2. The van der Waals surface area contributed by atoms with Crippen LogP contribution in [0, 0.1) is 0 Å². The number of hydrogen-bond donors (Lipinski definition) is 2. The summed E-state index contributed by atoms with van der Waals surface area (Å²) in [5, 5.41) is 0. The van der Waals surface area contributed by atoms with Crippen LogP contribution in [0.4, 0.5) is 18.9 Å². The molecule has 0 saturated carbocycles. The molecule has 0 unspecified atom stereocenters. The van der Waals surface area contributed by atoms with Gasteiger partial charge in [0.1, 0.15) is 18.2 Å². The van der Waals surface area contributed by atoms with Crippen LogP contribution in [0.2, 0.25) is 0 Å². The van der Waals surface area contributed by atoms with E-state index in [1.807, 2.05) is 18.2 Å². The summed E-state index contributed by atoms with van der Waals surface area (Å²) in [5.41, 5.74) is 2.56. The number of ether oxygens (including phenoxy) is 1. The molecule has 166 valence electrons. The van der Waals surface area contributed by atoms with Crippen LogP contribution in [0.3, 0.4) is 0 Å². The van der Waals surface area contributed by atoms with Crippen molar-refractivity contribution in [2.75, 3.05) is 11.0 Å². The lowest BCUT2D eigenvalue weighted by atomic mass is 10.0. The number of imidazole rings is 1. The molecule has 0 aliphatic carbocycles. The first-order valence-electron chi connectivity index (χ1n) is 9.44. The number of aromatic amines is 1. The van der Waals surface area contributed by atoms with Gasteiger partial charge in [0.15, 0.2) is 0 Å². The molecule has 4 aromatic rings. The minimum absolute atomic E-state index is 0.0433. The Kier molecular flexibility index (Phi) is 5.55. The van der Waals surface area contributed by atoms with Crippen LogP contribution in [0.1, 0.15) is 11.4 Å². The summed E-state index contributed by atoms with van der Waals surface area (Å²) in [6.07, 6.45) is -3.31. The number of H-pyrrole nitrogens is 1. The number of anilines is 1. The van der Waals surface area contributed by atoms with Gasteiger partial charge in [-0.2, -0.15) is 13.2 Å². The van der Waals surface area contributed by atoms with Crippen LogP contribution in [0.15, 0.2) is 66.7 Å². The maximum absolute atomic E-state index is 12.7. The van der Waals surface area contributed by atoms with Gasteiger partial charge in [-0.3, -0.25) is 4.72 Å². The van der Waals surface area contributed by atoms with Gasteiger partial charge in [-0.05, 0) is 48.0 Å². The molecule has 3 aromatic carbocycles. The van der Waals surface area contributed by atoms with Crippen molar-refractivity contribution in [2.45, 2.75) is 12.8 Å². The number of alkyl halides is 3. The molecule has 6 nitrogen and oxygen atoms in total. The highest BCUT2D eigenvalue weighted by Gasteiger charge is 2.30. The molecule has 10 heteroatoms. The Morgan fingerprint density at radius 2 is 1.75 bits per heavy atom. The molecule has 0 radical (unpaired) electrons. The fraction of sp³-hybridized carbons (Fsp3) is 0.136. The van der Waals surface area contributed by atoms with E-state index in [9.17, 15) is 21.6 Å². The van der Waals surface area contributed by atoms with E-state index in [1.54, 1.807) is 24.3 Å². The van der Waals surface area contributed by atoms with Gasteiger partial charge in [-0.1, -0.05) is 24.3 Å². The van der Waals surface area contributed by atoms with E-state index in [0.29, 0.717) is 28.3 Å². The molecular formula is C22H18F3N3O3S. The number of fused-ring (bicyclic) bond motifs is 1. The third kappa shape index (κ3) is 5.02. The number of hydrogen-bond acceptors (Lipinski definition) is 4. The molecule has 0 amide bonds. The van der Waals surface area contributed by atoms with Crippen molar-refractivity contribution in [3.05, 3.63) is 78.1 Å². The van der Waals surface area contributed by atoms with Gasteiger partial charge >= 0.3 is 6.18 Å². The fourth-order valence-corrected chi connectivity index (χ4v) is 3.79.